The molecule has 0 bridgehead atoms. The zero-order chi connectivity index (χ0) is 20.3. The number of carbonyl (C=O) groups is 4. The third-order valence-corrected chi connectivity index (χ3v) is 5.05. The Hall–Kier alpha value is -3.03. The molecule has 2 aliphatic rings. The fourth-order valence-electron chi connectivity index (χ4n) is 3.46. The minimum atomic E-state index is -1.11. The average Bonchev–Trinajstić information content (AvgIpc) is 2.95. The first-order valence-electron chi connectivity index (χ1n) is 9.08. The quantitative estimate of drug-likeness (QED) is 0.451. The van der Waals surface area contributed by atoms with Crippen LogP contribution in [0.1, 0.15) is 25.3 Å². The number of imide groups is 1. The Labute approximate surface area is 161 Å². The monoisotopic (exact) mass is 388 g/mol. The van der Waals surface area contributed by atoms with E-state index in [1.807, 2.05) is 12.2 Å². The van der Waals surface area contributed by atoms with Crippen molar-refractivity contribution in [2.24, 2.45) is 11.8 Å². The van der Waals surface area contributed by atoms with E-state index in [-0.39, 0.29) is 18.4 Å². The molecule has 0 unspecified atom stereocenters. The van der Waals surface area contributed by atoms with Gasteiger partial charge in [0.25, 0.3) is 5.91 Å². The highest BCUT2D eigenvalue weighted by atomic mass is 19.1. The van der Waals surface area contributed by atoms with Crippen LogP contribution in [0, 0.1) is 17.7 Å². The predicted octanol–water partition coefficient (Wildman–Crippen LogP) is 1.32. The number of carbonyl (C=O) groups excluding carboxylic acids is 4. The molecule has 3 amide bonds. The van der Waals surface area contributed by atoms with Crippen LogP contribution in [-0.4, -0.2) is 41.2 Å². The largest absolute Gasteiger partial charge is 0.454 e. The van der Waals surface area contributed by atoms with Crippen molar-refractivity contribution in [3.05, 3.63) is 47.8 Å². The van der Waals surface area contributed by atoms with E-state index in [1.165, 1.54) is 25.1 Å². The maximum absolute atomic E-state index is 13.5. The van der Waals surface area contributed by atoms with Crippen LogP contribution in [-0.2, 0) is 30.5 Å². The van der Waals surface area contributed by atoms with Crippen LogP contribution in [0.25, 0.3) is 0 Å². The fourth-order valence-corrected chi connectivity index (χ4v) is 3.46. The molecule has 3 atom stereocenters. The van der Waals surface area contributed by atoms with Gasteiger partial charge in [0.15, 0.2) is 6.61 Å². The van der Waals surface area contributed by atoms with Gasteiger partial charge in [0.1, 0.15) is 11.9 Å². The Morgan fingerprint density at radius 2 is 1.79 bits per heavy atom. The van der Waals surface area contributed by atoms with Crippen molar-refractivity contribution in [1.29, 1.82) is 0 Å². The summed E-state index contributed by atoms with van der Waals surface area (Å²) in [7, 11) is 0. The topological polar surface area (TPSA) is 92.8 Å². The maximum Gasteiger partial charge on any atom is 0.329 e. The molecule has 1 N–H and O–H groups in total. The van der Waals surface area contributed by atoms with E-state index in [9.17, 15) is 23.6 Å². The number of ether oxygens (including phenoxy) is 1. The summed E-state index contributed by atoms with van der Waals surface area (Å²) in [5.41, 5.74) is 0.306. The fraction of sp³-hybridized carbons (Fsp3) is 0.400. The van der Waals surface area contributed by atoms with Gasteiger partial charge in [-0.05, 0) is 25.8 Å². The molecule has 0 aromatic heterocycles. The summed E-state index contributed by atoms with van der Waals surface area (Å²) in [4.78, 5) is 50.0. The van der Waals surface area contributed by atoms with Gasteiger partial charge in [0.2, 0.25) is 11.8 Å². The van der Waals surface area contributed by atoms with Crippen molar-refractivity contribution >= 4 is 23.7 Å². The van der Waals surface area contributed by atoms with Crippen molar-refractivity contribution in [2.75, 3.05) is 6.61 Å². The number of hydrogen-bond acceptors (Lipinski definition) is 5. The second kappa shape index (κ2) is 8.33. The van der Waals surface area contributed by atoms with E-state index in [0.29, 0.717) is 18.4 Å². The number of esters is 1. The molecule has 7 nitrogen and oxygen atoms in total. The standard InChI is InChI=1S/C20H21FN2O5/c1-12(23-18(25)14-7-3-4-8-15(14)19(23)26)20(27)28-11-17(24)22-10-13-6-2-5-9-16(13)21/h2-6,9,12,14-15H,7-8,10-11H2,1H3,(H,22,24)/t12-,14-,15-/m0/s1. The molecule has 1 aliphatic heterocycles. The van der Waals surface area contributed by atoms with Crippen LogP contribution in [0.15, 0.2) is 36.4 Å². The van der Waals surface area contributed by atoms with Gasteiger partial charge < -0.3 is 10.1 Å². The number of nitrogens with one attached hydrogen (secondary N) is 1. The summed E-state index contributed by atoms with van der Waals surface area (Å²) in [5, 5.41) is 2.45. The number of amides is 3. The van der Waals surface area contributed by atoms with E-state index < -0.39 is 42.2 Å². The maximum atomic E-state index is 13.5. The number of likely N-dealkylation sites (tertiary alicyclic amines) is 1. The van der Waals surface area contributed by atoms with Gasteiger partial charge in [-0.2, -0.15) is 0 Å². The number of allylic oxidation sites excluding steroid dienone is 2. The third kappa shape index (κ3) is 3.95. The Morgan fingerprint density at radius 3 is 2.39 bits per heavy atom. The second-order valence-electron chi connectivity index (χ2n) is 6.85. The van der Waals surface area contributed by atoms with Crippen LogP contribution in [0.2, 0.25) is 0 Å². The molecule has 1 aromatic carbocycles. The normalized spacial score (nSPS) is 22.0. The van der Waals surface area contributed by atoms with Gasteiger partial charge in [-0.15, -0.1) is 0 Å². The molecule has 28 heavy (non-hydrogen) atoms. The highest BCUT2D eigenvalue weighted by Gasteiger charge is 2.50. The smallest absolute Gasteiger partial charge is 0.329 e. The summed E-state index contributed by atoms with van der Waals surface area (Å²) in [5.74, 6) is -3.53. The van der Waals surface area contributed by atoms with Crippen LogP contribution in [0.3, 0.4) is 0 Å². The molecule has 1 fully saturated rings. The Bertz CT molecular complexity index is 812. The number of benzene rings is 1. The highest BCUT2D eigenvalue weighted by molar-refractivity contribution is 6.08. The molecule has 1 aliphatic carbocycles. The van der Waals surface area contributed by atoms with Crippen molar-refractivity contribution in [2.45, 2.75) is 32.4 Å². The van der Waals surface area contributed by atoms with Gasteiger partial charge in [0.05, 0.1) is 11.8 Å². The molecule has 1 saturated heterocycles. The van der Waals surface area contributed by atoms with Gasteiger partial charge >= 0.3 is 5.97 Å². The molecule has 0 radical (unpaired) electrons. The lowest BCUT2D eigenvalue weighted by Gasteiger charge is -2.21. The molecule has 1 aromatic rings. The summed E-state index contributed by atoms with van der Waals surface area (Å²) in [6.07, 6.45) is 4.68. The lowest BCUT2D eigenvalue weighted by molar-refractivity contribution is -0.159. The van der Waals surface area contributed by atoms with Crippen LogP contribution < -0.4 is 5.32 Å². The molecule has 0 saturated carbocycles. The lowest BCUT2D eigenvalue weighted by Crippen LogP contribution is -2.45. The lowest BCUT2D eigenvalue weighted by atomic mass is 9.85. The zero-order valence-corrected chi connectivity index (χ0v) is 15.4. The van der Waals surface area contributed by atoms with Crippen LogP contribution >= 0.6 is 0 Å². The van der Waals surface area contributed by atoms with Gasteiger partial charge in [0, 0.05) is 12.1 Å². The van der Waals surface area contributed by atoms with E-state index in [0.717, 1.165) is 4.90 Å². The molecule has 0 spiro atoms. The third-order valence-electron chi connectivity index (χ3n) is 5.05. The van der Waals surface area contributed by atoms with E-state index in [2.05, 4.69) is 5.32 Å². The van der Waals surface area contributed by atoms with Crippen molar-refractivity contribution in [3.63, 3.8) is 0 Å². The average molecular weight is 388 g/mol. The van der Waals surface area contributed by atoms with Crippen molar-refractivity contribution < 1.29 is 28.3 Å². The molecule has 148 valence electrons. The van der Waals surface area contributed by atoms with Crippen molar-refractivity contribution in [1.82, 2.24) is 10.2 Å². The summed E-state index contributed by atoms with van der Waals surface area (Å²) < 4.78 is 18.5. The summed E-state index contributed by atoms with van der Waals surface area (Å²) in [6, 6.07) is 4.88. The number of halogens is 1. The first-order valence-corrected chi connectivity index (χ1v) is 9.08. The Balaban J connectivity index is 1.50. The zero-order valence-electron chi connectivity index (χ0n) is 15.4. The molecule has 8 heteroatoms. The Morgan fingerprint density at radius 1 is 1.18 bits per heavy atom. The van der Waals surface area contributed by atoms with Crippen molar-refractivity contribution in [3.8, 4) is 0 Å². The van der Waals surface area contributed by atoms with Gasteiger partial charge in [-0.25, -0.2) is 9.18 Å². The molecule has 1 heterocycles. The van der Waals surface area contributed by atoms with Crippen LogP contribution in [0.4, 0.5) is 4.39 Å². The van der Waals surface area contributed by atoms with E-state index >= 15 is 0 Å². The number of rotatable bonds is 6. The Kier molecular flexibility index (Phi) is 5.87. The first-order chi connectivity index (χ1) is 13.4. The summed E-state index contributed by atoms with van der Waals surface area (Å²) >= 11 is 0. The van der Waals surface area contributed by atoms with E-state index in [1.54, 1.807) is 6.07 Å². The number of hydrogen-bond donors (Lipinski definition) is 1. The summed E-state index contributed by atoms with van der Waals surface area (Å²) in [6.45, 7) is 0.778. The van der Waals surface area contributed by atoms with Gasteiger partial charge in [-0.3, -0.25) is 19.3 Å². The number of fused-ring (bicyclic) bond motifs is 1. The highest BCUT2D eigenvalue weighted by Crippen LogP contribution is 2.36. The minimum Gasteiger partial charge on any atom is -0.454 e. The molecule has 3 rings (SSSR count). The van der Waals surface area contributed by atoms with Gasteiger partial charge in [-0.1, -0.05) is 30.4 Å². The molecular weight excluding hydrogens is 367 g/mol. The molecular formula is C20H21FN2O5. The predicted molar refractivity (Wildman–Crippen MR) is 95.9 cm³/mol. The van der Waals surface area contributed by atoms with E-state index in [4.69, 9.17) is 4.74 Å². The SMILES string of the molecule is C[C@@H](C(=O)OCC(=O)NCc1ccccc1F)N1C(=O)[C@H]2CC=CC[C@@H]2C1=O. The number of nitrogens with zero attached hydrogens (tertiary/aromatic N) is 1. The first kappa shape index (κ1) is 19.7. The minimum absolute atomic E-state index is 0.0436. The second-order valence-corrected chi connectivity index (χ2v) is 6.85. The van der Waals surface area contributed by atoms with Crippen LogP contribution in [0.5, 0.6) is 0 Å².